The minimum Gasteiger partial charge on any atom is -0.388 e. The van der Waals surface area contributed by atoms with Crippen molar-refractivity contribution in [3.8, 4) is 0 Å². The number of halogens is 3. The van der Waals surface area contributed by atoms with Crippen molar-refractivity contribution in [2.45, 2.75) is 32.0 Å². The van der Waals surface area contributed by atoms with Crippen LogP contribution in [0.2, 0.25) is 0 Å². The second kappa shape index (κ2) is 5.34. The first-order chi connectivity index (χ1) is 9.38. The maximum atomic E-state index is 13.0. The zero-order valence-electron chi connectivity index (χ0n) is 11.4. The van der Waals surface area contributed by atoms with Crippen LogP contribution in [0.25, 0.3) is 0 Å². The van der Waals surface area contributed by atoms with E-state index in [9.17, 15) is 18.0 Å². The lowest BCUT2D eigenvalue weighted by molar-refractivity contribution is -0.136. The average Bonchev–Trinajstić information content (AvgIpc) is 3.22. The summed E-state index contributed by atoms with van der Waals surface area (Å²) in [6.07, 6.45) is -2.62. The zero-order chi connectivity index (χ0) is 14.9. The smallest absolute Gasteiger partial charge is 0.388 e. The Hall–Kier alpha value is -1.72. The Morgan fingerprint density at radius 2 is 2.05 bits per heavy atom. The summed E-state index contributed by atoms with van der Waals surface area (Å²) >= 11 is 0. The molecule has 20 heavy (non-hydrogen) atoms. The summed E-state index contributed by atoms with van der Waals surface area (Å²) in [5.41, 5.74) is -0.744. The molecule has 0 radical (unpaired) electrons. The molecule has 0 aromatic heterocycles. The van der Waals surface area contributed by atoms with Crippen LogP contribution in [-0.4, -0.2) is 30.4 Å². The van der Waals surface area contributed by atoms with Gasteiger partial charge in [0.1, 0.15) is 0 Å². The predicted octanol–water partition coefficient (Wildman–Crippen LogP) is 3.37. The summed E-state index contributed by atoms with van der Waals surface area (Å²) in [4.78, 5) is 13.9. The minimum absolute atomic E-state index is 0.0245. The van der Waals surface area contributed by atoms with Gasteiger partial charge in [0, 0.05) is 30.9 Å². The minimum atomic E-state index is -4.48. The van der Waals surface area contributed by atoms with Gasteiger partial charge in [0.25, 0.3) is 5.91 Å². The van der Waals surface area contributed by atoms with E-state index in [2.05, 4.69) is 5.32 Å². The Morgan fingerprint density at radius 3 is 2.50 bits per heavy atom. The van der Waals surface area contributed by atoms with Crippen molar-refractivity contribution in [2.75, 3.05) is 18.9 Å². The number of anilines is 1. The first-order valence-corrected chi connectivity index (χ1v) is 6.58. The van der Waals surface area contributed by atoms with Crippen LogP contribution in [0.1, 0.15) is 35.7 Å². The number of hydrogen-bond donors (Lipinski definition) is 1. The summed E-state index contributed by atoms with van der Waals surface area (Å²) in [5.74, 6) is -0.330. The molecule has 0 atom stereocenters. The fourth-order valence-corrected chi connectivity index (χ4v) is 2.25. The van der Waals surface area contributed by atoms with Gasteiger partial charge in [-0.2, -0.15) is 13.2 Å². The number of nitrogens with one attached hydrogen (secondary N) is 1. The molecule has 1 fully saturated rings. The van der Waals surface area contributed by atoms with Crippen LogP contribution in [0.15, 0.2) is 18.2 Å². The van der Waals surface area contributed by atoms with E-state index in [1.54, 1.807) is 4.90 Å². The van der Waals surface area contributed by atoms with Gasteiger partial charge in [0.2, 0.25) is 0 Å². The van der Waals surface area contributed by atoms with Crippen LogP contribution in [-0.2, 0) is 6.18 Å². The van der Waals surface area contributed by atoms with E-state index in [1.165, 1.54) is 19.2 Å². The molecule has 3 nitrogen and oxygen atoms in total. The van der Waals surface area contributed by atoms with Gasteiger partial charge in [-0.25, -0.2) is 0 Å². The van der Waals surface area contributed by atoms with E-state index in [1.807, 2.05) is 6.92 Å². The molecule has 1 saturated carbocycles. The van der Waals surface area contributed by atoms with Crippen LogP contribution in [0, 0.1) is 0 Å². The third-order valence-electron chi connectivity index (χ3n) is 3.43. The van der Waals surface area contributed by atoms with Gasteiger partial charge in [0.05, 0.1) is 5.56 Å². The molecule has 0 unspecified atom stereocenters. The maximum absolute atomic E-state index is 13.0. The van der Waals surface area contributed by atoms with Gasteiger partial charge in [-0.05, 0) is 38.0 Å². The van der Waals surface area contributed by atoms with Gasteiger partial charge in [-0.3, -0.25) is 4.79 Å². The van der Waals surface area contributed by atoms with Crippen LogP contribution in [0.5, 0.6) is 0 Å². The molecule has 1 N–H and O–H groups in total. The summed E-state index contributed by atoms with van der Waals surface area (Å²) < 4.78 is 38.9. The lowest BCUT2D eigenvalue weighted by Crippen LogP contribution is -2.33. The first-order valence-electron chi connectivity index (χ1n) is 6.58. The average molecular weight is 286 g/mol. The van der Waals surface area contributed by atoms with Crippen molar-refractivity contribution < 1.29 is 18.0 Å². The normalized spacial score (nSPS) is 15.1. The van der Waals surface area contributed by atoms with Gasteiger partial charge in [-0.15, -0.1) is 0 Å². The summed E-state index contributed by atoms with van der Waals surface area (Å²) in [6.45, 7) is 2.35. The maximum Gasteiger partial charge on any atom is 0.418 e. The Kier molecular flexibility index (Phi) is 3.92. The van der Waals surface area contributed by atoms with Gasteiger partial charge in [-0.1, -0.05) is 0 Å². The Labute approximate surface area is 115 Å². The van der Waals surface area contributed by atoms with E-state index in [0.717, 1.165) is 18.9 Å². The van der Waals surface area contributed by atoms with Crippen molar-refractivity contribution >= 4 is 11.6 Å². The van der Waals surface area contributed by atoms with E-state index in [-0.39, 0.29) is 23.2 Å². The van der Waals surface area contributed by atoms with Crippen molar-refractivity contribution in [2.24, 2.45) is 0 Å². The van der Waals surface area contributed by atoms with Crippen molar-refractivity contribution in [3.63, 3.8) is 0 Å². The molecule has 0 bridgehead atoms. The Morgan fingerprint density at radius 1 is 1.40 bits per heavy atom. The second-order valence-corrected chi connectivity index (χ2v) is 4.83. The molecule has 1 aliphatic rings. The number of benzene rings is 1. The topological polar surface area (TPSA) is 32.3 Å². The van der Waals surface area contributed by atoms with Crippen molar-refractivity contribution in [1.29, 1.82) is 0 Å². The predicted molar refractivity (Wildman–Crippen MR) is 70.7 cm³/mol. The van der Waals surface area contributed by atoms with E-state index in [0.29, 0.717) is 6.54 Å². The molecule has 2 rings (SSSR count). The third-order valence-corrected chi connectivity index (χ3v) is 3.43. The SMILES string of the molecule is CCN(C(=O)c1ccc(NC)c(C(F)(F)F)c1)C1CC1. The summed E-state index contributed by atoms with van der Waals surface area (Å²) in [7, 11) is 1.43. The highest BCUT2D eigenvalue weighted by Crippen LogP contribution is 2.36. The fourth-order valence-electron chi connectivity index (χ4n) is 2.25. The zero-order valence-corrected chi connectivity index (χ0v) is 11.4. The molecule has 1 aromatic carbocycles. The van der Waals surface area contributed by atoms with Gasteiger partial charge in [0.15, 0.2) is 0 Å². The molecule has 1 aromatic rings. The monoisotopic (exact) mass is 286 g/mol. The van der Waals surface area contributed by atoms with E-state index < -0.39 is 11.7 Å². The molecule has 110 valence electrons. The van der Waals surface area contributed by atoms with Crippen LogP contribution in [0.3, 0.4) is 0 Å². The second-order valence-electron chi connectivity index (χ2n) is 4.83. The number of rotatable bonds is 4. The van der Waals surface area contributed by atoms with Crippen molar-refractivity contribution in [1.82, 2.24) is 4.90 Å². The molecule has 0 heterocycles. The summed E-state index contributed by atoms with van der Waals surface area (Å²) in [6, 6.07) is 3.86. The highest BCUT2D eigenvalue weighted by molar-refractivity contribution is 5.95. The van der Waals surface area contributed by atoms with Crippen LogP contribution < -0.4 is 5.32 Å². The summed E-state index contributed by atoms with van der Waals surface area (Å²) in [5, 5.41) is 2.50. The standard InChI is InChI=1S/C14H17F3N2O/c1-3-19(10-5-6-10)13(20)9-4-7-12(18-2)11(8-9)14(15,16)17/h4,7-8,10,18H,3,5-6H2,1-2H3. The molecule has 0 saturated heterocycles. The Balaban J connectivity index is 2.35. The molecular weight excluding hydrogens is 269 g/mol. The van der Waals surface area contributed by atoms with E-state index in [4.69, 9.17) is 0 Å². The number of hydrogen-bond acceptors (Lipinski definition) is 2. The number of amides is 1. The van der Waals surface area contributed by atoms with Gasteiger partial charge >= 0.3 is 6.18 Å². The first kappa shape index (κ1) is 14.7. The number of carbonyl (C=O) groups excluding carboxylic acids is 1. The molecule has 6 heteroatoms. The number of alkyl halides is 3. The number of nitrogens with zero attached hydrogens (tertiary/aromatic N) is 1. The quantitative estimate of drug-likeness (QED) is 0.920. The molecule has 1 amide bonds. The van der Waals surface area contributed by atoms with Crippen LogP contribution >= 0.6 is 0 Å². The number of carbonyl (C=O) groups is 1. The Bertz CT molecular complexity index is 510. The highest BCUT2D eigenvalue weighted by atomic mass is 19.4. The molecule has 1 aliphatic carbocycles. The lowest BCUT2D eigenvalue weighted by atomic mass is 10.1. The van der Waals surface area contributed by atoms with Crippen molar-refractivity contribution in [3.05, 3.63) is 29.3 Å². The lowest BCUT2D eigenvalue weighted by Gasteiger charge is -2.21. The third kappa shape index (κ3) is 2.89. The van der Waals surface area contributed by atoms with E-state index >= 15 is 0 Å². The van der Waals surface area contributed by atoms with Crippen LogP contribution in [0.4, 0.5) is 18.9 Å². The van der Waals surface area contributed by atoms with Gasteiger partial charge < -0.3 is 10.2 Å². The molecule has 0 aliphatic heterocycles. The largest absolute Gasteiger partial charge is 0.418 e. The molecular formula is C14H17F3N2O. The highest BCUT2D eigenvalue weighted by Gasteiger charge is 2.36. The fraction of sp³-hybridized carbons (Fsp3) is 0.500. The molecule has 0 spiro atoms.